The van der Waals surface area contributed by atoms with Crippen molar-refractivity contribution in [2.45, 2.75) is 39.5 Å². The molecule has 0 amide bonds. The van der Waals surface area contributed by atoms with Crippen molar-refractivity contribution in [2.24, 2.45) is 0 Å². The van der Waals surface area contributed by atoms with Gasteiger partial charge in [0.2, 0.25) is 0 Å². The molecule has 1 rings (SSSR count). The molecule has 0 aromatic carbocycles. The molecule has 0 saturated carbocycles. The van der Waals surface area contributed by atoms with Crippen molar-refractivity contribution >= 4 is 0 Å². The molecule has 1 heteroatoms. The Balaban J connectivity index is 0.000000371. The first-order chi connectivity index (χ1) is 4.89. The summed E-state index contributed by atoms with van der Waals surface area (Å²) in [6.07, 6.45) is 5.63. The van der Waals surface area contributed by atoms with E-state index in [1.54, 1.807) is 0 Å². The molecule has 1 aliphatic heterocycles. The molecule has 0 bridgehead atoms. The first-order valence-corrected chi connectivity index (χ1v) is 4.56. The maximum Gasteiger partial charge on any atom is 0.0530 e. The molecular formula is C9H21N. The van der Waals surface area contributed by atoms with Crippen molar-refractivity contribution in [3.05, 3.63) is 7.05 Å². The van der Waals surface area contributed by atoms with E-state index in [1.807, 2.05) is 13.8 Å². The van der Waals surface area contributed by atoms with Crippen LogP contribution in [0.1, 0.15) is 39.5 Å². The van der Waals surface area contributed by atoms with Crippen LogP contribution in [0.15, 0.2) is 0 Å². The quantitative estimate of drug-likeness (QED) is 0.487. The summed E-state index contributed by atoms with van der Waals surface area (Å²) in [7, 11) is 3.97. The molecule has 1 nitrogen and oxygen atoms in total. The molecule has 0 aliphatic carbocycles. The van der Waals surface area contributed by atoms with E-state index >= 15 is 0 Å². The van der Waals surface area contributed by atoms with Gasteiger partial charge in [0.25, 0.3) is 0 Å². The van der Waals surface area contributed by atoms with Gasteiger partial charge in [0.1, 0.15) is 0 Å². The fourth-order valence-corrected chi connectivity index (χ4v) is 1.23. The molecule has 1 saturated heterocycles. The second kappa shape index (κ2) is 7.07. The molecule has 0 spiro atoms. The van der Waals surface area contributed by atoms with E-state index in [-0.39, 0.29) is 0 Å². The van der Waals surface area contributed by atoms with Gasteiger partial charge in [-0.2, -0.15) is 7.05 Å². The minimum atomic E-state index is 1.29. The Bertz CT molecular complexity index is 53.7. The van der Waals surface area contributed by atoms with Crippen molar-refractivity contribution < 1.29 is 4.90 Å². The monoisotopic (exact) mass is 143 g/mol. The molecule has 1 fully saturated rings. The number of hydrogen-bond donors (Lipinski definition) is 1. The number of hydrogen-bond acceptors (Lipinski definition) is 0. The lowest BCUT2D eigenvalue weighted by atomic mass is 10.2. The number of likely N-dealkylation sites (tertiary alicyclic amines) is 1. The summed E-state index contributed by atoms with van der Waals surface area (Å²) in [6, 6.07) is 0. The van der Waals surface area contributed by atoms with E-state index in [4.69, 9.17) is 0 Å². The standard InChI is InChI=1S/C7H15N.C2H6/c1-8-6-4-2-3-5-7-8;1-2/h8H,1-7H2;1-2H3. The van der Waals surface area contributed by atoms with Gasteiger partial charge in [0.15, 0.2) is 0 Å². The van der Waals surface area contributed by atoms with Crippen LogP contribution in [0, 0.1) is 7.05 Å². The van der Waals surface area contributed by atoms with E-state index in [2.05, 4.69) is 7.05 Å². The fourth-order valence-electron chi connectivity index (χ4n) is 1.23. The zero-order valence-electron chi connectivity index (χ0n) is 7.45. The Morgan fingerprint density at radius 2 is 1.30 bits per heavy atom. The molecule has 0 aromatic heterocycles. The third-order valence-corrected chi connectivity index (χ3v) is 1.81. The van der Waals surface area contributed by atoms with Gasteiger partial charge in [-0.3, -0.25) is 0 Å². The molecule has 1 aliphatic rings. The summed E-state index contributed by atoms with van der Waals surface area (Å²) < 4.78 is 0. The summed E-state index contributed by atoms with van der Waals surface area (Å²) in [6.45, 7) is 6.58. The van der Waals surface area contributed by atoms with E-state index in [9.17, 15) is 0 Å². The average Bonchev–Trinajstić information content (AvgIpc) is 2.21. The summed E-state index contributed by atoms with van der Waals surface area (Å²) >= 11 is 0. The SMILES string of the molecule is CC.[CH2-][NH+]1CCCCCC1. The fraction of sp³-hybridized carbons (Fsp3) is 0.889. The van der Waals surface area contributed by atoms with Crippen molar-refractivity contribution in [3.8, 4) is 0 Å². The molecule has 10 heavy (non-hydrogen) atoms. The molecule has 0 radical (unpaired) electrons. The van der Waals surface area contributed by atoms with E-state index in [0.29, 0.717) is 0 Å². The van der Waals surface area contributed by atoms with Crippen LogP contribution in [0.3, 0.4) is 0 Å². The summed E-state index contributed by atoms with van der Waals surface area (Å²) in [4.78, 5) is 1.47. The van der Waals surface area contributed by atoms with Gasteiger partial charge in [-0.1, -0.05) is 13.8 Å². The minimum absolute atomic E-state index is 1.29. The number of nitrogens with one attached hydrogen (secondary N) is 1. The van der Waals surface area contributed by atoms with Crippen LogP contribution in [0.2, 0.25) is 0 Å². The number of rotatable bonds is 0. The van der Waals surface area contributed by atoms with E-state index < -0.39 is 0 Å². The Morgan fingerprint density at radius 3 is 1.70 bits per heavy atom. The molecule has 0 unspecified atom stereocenters. The highest BCUT2D eigenvalue weighted by Crippen LogP contribution is 1.98. The Kier molecular flexibility index (Phi) is 7.04. The highest BCUT2D eigenvalue weighted by atomic mass is 15.1. The van der Waals surface area contributed by atoms with Gasteiger partial charge < -0.3 is 4.90 Å². The highest BCUT2D eigenvalue weighted by molar-refractivity contribution is 4.45. The Hall–Kier alpha value is -0.0400. The Labute approximate surface area is 65.4 Å². The van der Waals surface area contributed by atoms with E-state index in [1.165, 1.54) is 43.7 Å². The zero-order valence-corrected chi connectivity index (χ0v) is 7.45. The maximum atomic E-state index is 3.97. The first kappa shape index (κ1) is 9.96. The number of quaternary nitrogens is 1. The molecule has 0 aromatic rings. The summed E-state index contributed by atoms with van der Waals surface area (Å²) in [5, 5.41) is 0. The van der Waals surface area contributed by atoms with Crippen LogP contribution in [0.4, 0.5) is 0 Å². The normalized spacial score (nSPS) is 20.7. The van der Waals surface area contributed by atoms with Crippen LogP contribution >= 0.6 is 0 Å². The van der Waals surface area contributed by atoms with Crippen molar-refractivity contribution in [1.29, 1.82) is 0 Å². The largest absolute Gasteiger partial charge is 0.468 e. The van der Waals surface area contributed by atoms with Gasteiger partial charge >= 0.3 is 0 Å². The van der Waals surface area contributed by atoms with Crippen LogP contribution < -0.4 is 4.90 Å². The third-order valence-electron chi connectivity index (χ3n) is 1.81. The van der Waals surface area contributed by atoms with Crippen LogP contribution in [-0.4, -0.2) is 13.1 Å². The van der Waals surface area contributed by atoms with Gasteiger partial charge in [-0.25, -0.2) is 0 Å². The van der Waals surface area contributed by atoms with Crippen LogP contribution in [0.25, 0.3) is 0 Å². The molecule has 1 heterocycles. The smallest absolute Gasteiger partial charge is 0.0530 e. The molecule has 0 atom stereocenters. The van der Waals surface area contributed by atoms with Gasteiger partial charge in [-0.15, -0.1) is 0 Å². The zero-order chi connectivity index (χ0) is 7.82. The lowest BCUT2D eigenvalue weighted by Gasteiger charge is -2.16. The predicted molar refractivity (Wildman–Crippen MR) is 45.9 cm³/mol. The predicted octanol–water partition coefficient (Wildman–Crippen LogP) is 1.26. The molecule has 62 valence electrons. The van der Waals surface area contributed by atoms with Crippen molar-refractivity contribution in [3.63, 3.8) is 0 Å². The molecule has 1 N–H and O–H groups in total. The summed E-state index contributed by atoms with van der Waals surface area (Å²) in [5.41, 5.74) is 0. The first-order valence-electron chi connectivity index (χ1n) is 4.56. The Morgan fingerprint density at radius 1 is 0.900 bits per heavy atom. The van der Waals surface area contributed by atoms with Gasteiger partial charge in [0, 0.05) is 0 Å². The maximum absolute atomic E-state index is 3.97. The summed E-state index contributed by atoms with van der Waals surface area (Å²) in [5.74, 6) is 0. The molecular weight excluding hydrogens is 122 g/mol. The van der Waals surface area contributed by atoms with Crippen molar-refractivity contribution in [1.82, 2.24) is 0 Å². The highest BCUT2D eigenvalue weighted by Gasteiger charge is 2.01. The second-order valence-corrected chi connectivity index (χ2v) is 2.66. The topological polar surface area (TPSA) is 4.44 Å². The van der Waals surface area contributed by atoms with Crippen LogP contribution in [0.5, 0.6) is 0 Å². The second-order valence-electron chi connectivity index (χ2n) is 2.66. The lowest BCUT2D eigenvalue weighted by Crippen LogP contribution is -3.06. The third kappa shape index (κ3) is 4.80. The van der Waals surface area contributed by atoms with E-state index in [0.717, 1.165) is 0 Å². The van der Waals surface area contributed by atoms with Gasteiger partial charge in [0.05, 0.1) is 13.1 Å². The van der Waals surface area contributed by atoms with Crippen LogP contribution in [-0.2, 0) is 0 Å². The van der Waals surface area contributed by atoms with Gasteiger partial charge in [-0.05, 0) is 25.7 Å². The lowest BCUT2D eigenvalue weighted by molar-refractivity contribution is -0.852. The average molecular weight is 143 g/mol. The minimum Gasteiger partial charge on any atom is -0.468 e. The van der Waals surface area contributed by atoms with Crippen molar-refractivity contribution in [2.75, 3.05) is 13.1 Å².